The number of carbonyl (C=O) groups excluding carboxylic acids is 1. The Morgan fingerprint density at radius 3 is 3.06 bits per heavy atom. The number of nitrogens with zero attached hydrogens (tertiary/aromatic N) is 1. The summed E-state index contributed by atoms with van der Waals surface area (Å²) in [6.07, 6.45) is 1.70. The summed E-state index contributed by atoms with van der Waals surface area (Å²) in [5.41, 5.74) is 0.644. The van der Waals surface area contributed by atoms with Crippen molar-refractivity contribution in [1.82, 2.24) is 10.3 Å². The third-order valence-corrected chi connectivity index (χ3v) is 3.75. The molecule has 0 aliphatic heterocycles. The average Bonchev–Trinajstić information content (AvgIpc) is 3.04. The Morgan fingerprint density at radius 1 is 1.44 bits per heavy atom. The van der Waals surface area contributed by atoms with Gasteiger partial charge in [0.2, 0.25) is 0 Å². The molecule has 0 atom stereocenters. The Hall–Kier alpha value is -1.68. The fourth-order valence-electron chi connectivity index (χ4n) is 1.29. The summed E-state index contributed by atoms with van der Waals surface area (Å²) in [5.74, 6) is 5.13. The first-order chi connectivity index (χ1) is 8.81. The van der Waals surface area contributed by atoms with Crippen molar-refractivity contribution in [3.05, 3.63) is 38.5 Å². The molecule has 0 unspecified atom stereocenters. The molecule has 0 saturated heterocycles. The first kappa shape index (κ1) is 12.8. The molecular formula is C12H10N2O2S2. The van der Waals surface area contributed by atoms with E-state index in [2.05, 4.69) is 22.1 Å². The second-order valence-electron chi connectivity index (χ2n) is 3.23. The normalized spacial score (nSPS) is 9.61. The van der Waals surface area contributed by atoms with Crippen LogP contribution in [0.15, 0.2) is 23.0 Å². The number of hydrogen-bond acceptors (Lipinski definition) is 5. The van der Waals surface area contributed by atoms with Gasteiger partial charge in [0.15, 0.2) is 0 Å². The number of hydrogen-bond donors (Lipinski definition) is 2. The van der Waals surface area contributed by atoms with Gasteiger partial charge in [-0.1, -0.05) is 11.8 Å². The van der Waals surface area contributed by atoms with Gasteiger partial charge in [-0.2, -0.15) is 0 Å². The van der Waals surface area contributed by atoms with Crippen LogP contribution in [0.3, 0.4) is 0 Å². The first-order valence-electron chi connectivity index (χ1n) is 5.15. The molecule has 0 aliphatic carbocycles. The van der Waals surface area contributed by atoms with Crippen molar-refractivity contribution in [1.29, 1.82) is 0 Å². The molecule has 2 N–H and O–H groups in total. The zero-order valence-corrected chi connectivity index (χ0v) is 11.0. The van der Waals surface area contributed by atoms with Gasteiger partial charge in [-0.05, 0) is 11.4 Å². The fourth-order valence-corrected chi connectivity index (χ4v) is 2.62. The van der Waals surface area contributed by atoms with E-state index in [9.17, 15) is 4.79 Å². The van der Waals surface area contributed by atoms with E-state index in [1.54, 1.807) is 17.6 Å². The molecule has 6 heteroatoms. The minimum atomic E-state index is -0.212. The van der Waals surface area contributed by atoms with E-state index in [4.69, 9.17) is 5.11 Å². The second-order valence-corrected chi connectivity index (χ2v) is 5.13. The van der Waals surface area contributed by atoms with Crippen LogP contribution in [0.25, 0.3) is 0 Å². The Morgan fingerprint density at radius 2 is 2.33 bits per heavy atom. The summed E-state index contributed by atoms with van der Waals surface area (Å²) in [6, 6.07) is 1.77. The molecule has 0 aromatic carbocycles. The zero-order chi connectivity index (χ0) is 12.8. The minimum absolute atomic E-state index is 0.164. The van der Waals surface area contributed by atoms with E-state index in [1.165, 1.54) is 22.7 Å². The van der Waals surface area contributed by atoms with Crippen LogP contribution in [-0.4, -0.2) is 22.6 Å². The lowest BCUT2D eigenvalue weighted by molar-refractivity contribution is 0.0954. The molecule has 0 aliphatic rings. The highest BCUT2D eigenvalue weighted by atomic mass is 32.1. The highest BCUT2D eigenvalue weighted by Gasteiger charge is 2.11. The monoisotopic (exact) mass is 278 g/mol. The summed E-state index contributed by atoms with van der Waals surface area (Å²) in [5, 5.41) is 16.0. The van der Waals surface area contributed by atoms with Gasteiger partial charge in [-0.3, -0.25) is 4.79 Å². The number of nitrogens with one attached hydrogen (secondary N) is 1. The van der Waals surface area contributed by atoms with E-state index in [0.29, 0.717) is 17.0 Å². The van der Waals surface area contributed by atoms with Crippen LogP contribution in [0.1, 0.15) is 20.2 Å². The first-order valence-corrected chi connectivity index (χ1v) is 6.91. The third kappa shape index (κ3) is 3.17. The zero-order valence-electron chi connectivity index (χ0n) is 9.34. The van der Waals surface area contributed by atoms with Crippen molar-refractivity contribution >= 4 is 28.6 Å². The number of rotatable bonds is 3. The van der Waals surface area contributed by atoms with Gasteiger partial charge >= 0.3 is 0 Å². The van der Waals surface area contributed by atoms with E-state index >= 15 is 0 Å². The largest absolute Gasteiger partial charge is 0.384 e. The third-order valence-electron chi connectivity index (χ3n) is 2.06. The molecule has 2 heterocycles. The number of amides is 1. The highest BCUT2D eigenvalue weighted by molar-refractivity contribution is 7.12. The van der Waals surface area contributed by atoms with Crippen molar-refractivity contribution in [2.24, 2.45) is 0 Å². The van der Waals surface area contributed by atoms with E-state index < -0.39 is 0 Å². The van der Waals surface area contributed by atoms with Crippen molar-refractivity contribution < 1.29 is 9.90 Å². The van der Waals surface area contributed by atoms with Gasteiger partial charge in [0.25, 0.3) is 5.91 Å². The molecule has 1 amide bonds. The molecule has 92 valence electrons. The Bertz CT molecular complexity index is 579. The lowest BCUT2D eigenvalue weighted by Crippen LogP contribution is -2.22. The predicted octanol–water partition coefficient (Wildman–Crippen LogP) is 1.48. The summed E-state index contributed by atoms with van der Waals surface area (Å²) in [6.45, 7) is 0.206. The van der Waals surface area contributed by atoms with Gasteiger partial charge in [0, 0.05) is 17.1 Å². The standard InChI is InChI=1S/C12H10N2O2S2/c15-5-1-2-9-3-6-18-11(9)12(16)14-8-10-13-4-7-17-10/h3-4,6-7,15H,5,8H2,(H,14,16). The topological polar surface area (TPSA) is 62.2 Å². The number of aliphatic hydroxyl groups excluding tert-OH is 1. The lowest BCUT2D eigenvalue weighted by atomic mass is 10.2. The summed E-state index contributed by atoms with van der Waals surface area (Å²) >= 11 is 2.83. The van der Waals surface area contributed by atoms with Crippen LogP contribution in [0.4, 0.5) is 0 Å². The molecule has 2 rings (SSSR count). The van der Waals surface area contributed by atoms with Gasteiger partial charge in [-0.25, -0.2) is 4.98 Å². The molecular weight excluding hydrogens is 268 g/mol. The molecule has 2 aromatic rings. The van der Waals surface area contributed by atoms with Gasteiger partial charge < -0.3 is 10.4 Å². The minimum Gasteiger partial charge on any atom is -0.384 e. The molecule has 0 saturated carbocycles. The van der Waals surface area contributed by atoms with Crippen molar-refractivity contribution in [2.45, 2.75) is 6.54 Å². The number of aromatic nitrogens is 1. The lowest BCUT2D eigenvalue weighted by Gasteiger charge is -2.01. The molecule has 4 nitrogen and oxygen atoms in total. The van der Waals surface area contributed by atoms with Crippen LogP contribution >= 0.6 is 22.7 Å². The molecule has 2 aromatic heterocycles. The van der Waals surface area contributed by atoms with Gasteiger partial charge in [-0.15, -0.1) is 22.7 Å². The number of thiophene rings is 1. The summed E-state index contributed by atoms with van der Waals surface area (Å²) < 4.78 is 0. The summed E-state index contributed by atoms with van der Waals surface area (Å²) in [7, 11) is 0. The fraction of sp³-hybridized carbons (Fsp3) is 0.167. The Kier molecular flexibility index (Phi) is 4.47. The number of carbonyl (C=O) groups is 1. The van der Waals surface area contributed by atoms with Crippen LogP contribution in [0, 0.1) is 11.8 Å². The number of aliphatic hydroxyl groups is 1. The van der Waals surface area contributed by atoms with Crippen LogP contribution in [0.2, 0.25) is 0 Å². The molecule has 18 heavy (non-hydrogen) atoms. The van der Waals surface area contributed by atoms with Crippen molar-refractivity contribution in [2.75, 3.05) is 6.61 Å². The highest BCUT2D eigenvalue weighted by Crippen LogP contribution is 2.16. The second kappa shape index (κ2) is 6.31. The average molecular weight is 278 g/mol. The molecule has 0 bridgehead atoms. The van der Waals surface area contributed by atoms with Crippen LogP contribution < -0.4 is 5.32 Å². The Balaban J connectivity index is 2.02. The molecule has 0 radical (unpaired) electrons. The van der Waals surface area contributed by atoms with E-state index in [1.807, 2.05) is 5.38 Å². The maximum Gasteiger partial charge on any atom is 0.262 e. The van der Waals surface area contributed by atoms with Gasteiger partial charge in [0.1, 0.15) is 16.5 Å². The Labute approximate surface area is 112 Å². The predicted molar refractivity (Wildman–Crippen MR) is 71.6 cm³/mol. The van der Waals surface area contributed by atoms with Crippen LogP contribution in [0.5, 0.6) is 0 Å². The maximum atomic E-state index is 11.9. The quantitative estimate of drug-likeness (QED) is 0.836. The molecule has 0 fully saturated rings. The van der Waals surface area contributed by atoms with Crippen molar-refractivity contribution in [3.63, 3.8) is 0 Å². The van der Waals surface area contributed by atoms with Crippen molar-refractivity contribution in [3.8, 4) is 11.8 Å². The van der Waals surface area contributed by atoms with Gasteiger partial charge in [0.05, 0.1) is 6.54 Å². The SMILES string of the molecule is O=C(NCc1nccs1)c1sccc1C#CCO. The van der Waals surface area contributed by atoms with Crippen LogP contribution in [-0.2, 0) is 6.54 Å². The smallest absolute Gasteiger partial charge is 0.262 e. The van der Waals surface area contributed by atoms with E-state index in [-0.39, 0.29) is 12.5 Å². The number of thiazole rings is 1. The van der Waals surface area contributed by atoms with E-state index in [0.717, 1.165) is 5.01 Å². The maximum absolute atomic E-state index is 11.9. The summed E-state index contributed by atoms with van der Waals surface area (Å²) in [4.78, 5) is 16.6. The molecule has 0 spiro atoms.